The van der Waals surface area contributed by atoms with E-state index in [1.54, 1.807) is 6.07 Å². The number of rotatable bonds is 5. The Labute approximate surface area is 160 Å². The van der Waals surface area contributed by atoms with Crippen LogP contribution < -0.4 is 4.74 Å². The van der Waals surface area contributed by atoms with E-state index >= 15 is 0 Å². The fourth-order valence-corrected chi connectivity index (χ4v) is 3.27. The maximum atomic E-state index is 13.7. The molecule has 1 aromatic heterocycles. The smallest absolute Gasteiger partial charge is 0.339 e. The predicted molar refractivity (Wildman–Crippen MR) is 104 cm³/mol. The number of halogens is 1. The zero-order chi connectivity index (χ0) is 19.7. The van der Waals surface area contributed by atoms with Gasteiger partial charge in [-0.2, -0.15) is 4.39 Å². The lowest BCUT2D eigenvalue weighted by Gasteiger charge is -2.13. The Bertz CT molecular complexity index is 1180. The van der Waals surface area contributed by atoms with Gasteiger partial charge in [0.15, 0.2) is 0 Å². The quantitative estimate of drug-likeness (QED) is 0.487. The molecule has 0 saturated carbocycles. The zero-order valence-electron chi connectivity index (χ0n) is 15.1. The maximum absolute atomic E-state index is 13.7. The number of ether oxygens (including phenoxy) is 1. The zero-order valence-corrected chi connectivity index (χ0v) is 15.1. The molecule has 2 N–H and O–H groups in total. The molecule has 0 radical (unpaired) electrons. The van der Waals surface area contributed by atoms with E-state index in [9.17, 15) is 14.3 Å². The summed E-state index contributed by atoms with van der Waals surface area (Å²) in [6.45, 7) is 2.06. The van der Waals surface area contributed by atoms with E-state index in [0.29, 0.717) is 11.3 Å². The molecule has 4 aromatic rings. The average Bonchev–Trinajstić information content (AvgIpc) is 3.13. The van der Waals surface area contributed by atoms with Crippen molar-refractivity contribution in [3.05, 3.63) is 77.9 Å². The minimum Gasteiger partial charge on any atom is -0.478 e. The van der Waals surface area contributed by atoms with E-state index in [1.165, 1.54) is 18.3 Å². The van der Waals surface area contributed by atoms with Crippen LogP contribution in [0.2, 0.25) is 0 Å². The molecule has 6 heteroatoms. The van der Waals surface area contributed by atoms with Crippen molar-refractivity contribution < 1.29 is 19.0 Å². The summed E-state index contributed by atoms with van der Waals surface area (Å²) in [6, 6.07) is 16.3. The second-order valence-corrected chi connectivity index (χ2v) is 6.36. The molecule has 5 nitrogen and oxygen atoms in total. The number of hydrogen-bond donors (Lipinski definition) is 2. The van der Waals surface area contributed by atoms with Gasteiger partial charge in [-0.05, 0) is 52.6 Å². The van der Waals surface area contributed by atoms with Crippen molar-refractivity contribution in [3.8, 4) is 22.6 Å². The fraction of sp³-hybridized carbons (Fsp3) is 0.0909. The summed E-state index contributed by atoms with van der Waals surface area (Å²) < 4.78 is 19.7. The molecule has 0 aliphatic rings. The molecule has 140 valence electrons. The third kappa shape index (κ3) is 3.20. The van der Waals surface area contributed by atoms with E-state index in [4.69, 9.17) is 4.74 Å². The number of H-pyrrole nitrogens is 1. The number of nitrogens with zero attached hydrogens (tertiary/aromatic N) is 1. The highest BCUT2D eigenvalue weighted by Gasteiger charge is 2.17. The molecule has 0 atom stereocenters. The number of carbonyl (C=O) groups is 1. The molecule has 0 aliphatic carbocycles. The predicted octanol–water partition coefficient (Wildman–Crippen LogP) is 5.42. The van der Waals surface area contributed by atoms with Crippen LogP contribution in [0, 0.1) is 5.95 Å². The molecule has 0 amide bonds. The second-order valence-electron chi connectivity index (χ2n) is 6.36. The number of aromatic nitrogens is 2. The normalized spacial score (nSPS) is 10.9. The van der Waals surface area contributed by atoms with Crippen LogP contribution in [0.4, 0.5) is 4.39 Å². The lowest BCUT2D eigenvalue weighted by molar-refractivity contribution is 0.0694. The van der Waals surface area contributed by atoms with Crippen molar-refractivity contribution in [2.75, 3.05) is 0 Å². The minimum atomic E-state index is -1.16. The molecule has 0 spiro atoms. The van der Waals surface area contributed by atoms with Crippen LogP contribution in [0.5, 0.6) is 11.5 Å². The van der Waals surface area contributed by atoms with Gasteiger partial charge in [0.25, 0.3) is 0 Å². The Morgan fingerprint density at radius 3 is 2.71 bits per heavy atom. The van der Waals surface area contributed by atoms with E-state index < -0.39 is 11.9 Å². The Morgan fingerprint density at radius 2 is 2.00 bits per heavy atom. The summed E-state index contributed by atoms with van der Waals surface area (Å²) in [5.74, 6) is -1.10. The van der Waals surface area contributed by atoms with Gasteiger partial charge in [-0.15, -0.1) is 5.10 Å². The van der Waals surface area contributed by atoms with E-state index in [0.717, 1.165) is 22.8 Å². The molecule has 0 fully saturated rings. The highest BCUT2D eigenvalue weighted by atomic mass is 19.1. The molecule has 0 saturated heterocycles. The van der Waals surface area contributed by atoms with Crippen LogP contribution >= 0.6 is 0 Å². The summed E-state index contributed by atoms with van der Waals surface area (Å²) in [4.78, 5) is 11.8. The van der Waals surface area contributed by atoms with Crippen LogP contribution in [0.1, 0.15) is 22.8 Å². The van der Waals surface area contributed by atoms with Gasteiger partial charge in [-0.1, -0.05) is 37.3 Å². The van der Waals surface area contributed by atoms with Crippen LogP contribution in [0.3, 0.4) is 0 Å². The molecule has 4 rings (SSSR count). The SMILES string of the molecule is CCc1cc(Oc2ccc(-c3c[nH]nc3F)cc2C(=O)O)cc2ccccc12. The molecule has 1 heterocycles. The van der Waals surface area contributed by atoms with Crippen LogP contribution in [-0.4, -0.2) is 21.3 Å². The number of hydrogen-bond acceptors (Lipinski definition) is 3. The molecule has 0 aliphatic heterocycles. The van der Waals surface area contributed by atoms with Gasteiger partial charge in [-0.3, -0.25) is 5.10 Å². The number of benzene rings is 3. The summed E-state index contributed by atoms with van der Waals surface area (Å²) >= 11 is 0. The first kappa shape index (κ1) is 17.7. The van der Waals surface area contributed by atoms with Gasteiger partial charge < -0.3 is 9.84 Å². The van der Waals surface area contributed by atoms with Crippen molar-refractivity contribution in [3.63, 3.8) is 0 Å². The first-order valence-corrected chi connectivity index (χ1v) is 8.83. The largest absolute Gasteiger partial charge is 0.478 e. The van der Waals surface area contributed by atoms with E-state index in [-0.39, 0.29) is 16.9 Å². The van der Waals surface area contributed by atoms with Crippen molar-refractivity contribution in [1.82, 2.24) is 10.2 Å². The molecule has 28 heavy (non-hydrogen) atoms. The Balaban J connectivity index is 1.76. The van der Waals surface area contributed by atoms with Gasteiger partial charge in [0.2, 0.25) is 5.95 Å². The third-order valence-corrected chi connectivity index (χ3v) is 4.64. The monoisotopic (exact) mass is 376 g/mol. The maximum Gasteiger partial charge on any atom is 0.339 e. The van der Waals surface area contributed by atoms with Crippen LogP contribution in [0.15, 0.2) is 60.8 Å². The summed E-state index contributed by atoms with van der Waals surface area (Å²) in [7, 11) is 0. The van der Waals surface area contributed by atoms with Gasteiger partial charge in [0.1, 0.15) is 17.1 Å². The number of aryl methyl sites for hydroxylation is 1. The van der Waals surface area contributed by atoms with E-state index in [2.05, 4.69) is 23.2 Å². The van der Waals surface area contributed by atoms with Gasteiger partial charge in [0, 0.05) is 6.20 Å². The topological polar surface area (TPSA) is 75.2 Å². The standard InChI is InChI=1S/C22H17FN2O3/c1-2-13-9-16(10-14-5-3-4-6-17(13)14)28-20-8-7-15(11-18(20)22(26)27)19-12-24-25-21(19)23/h3-12H,2H2,1H3,(H,24,25)(H,26,27). The molecular formula is C22H17FN2O3. The van der Waals surface area contributed by atoms with Crippen LogP contribution in [0.25, 0.3) is 21.9 Å². The minimum absolute atomic E-state index is 0.0516. The summed E-state index contributed by atoms with van der Waals surface area (Å²) in [5, 5.41) is 17.6. The Hall–Kier alpha value is -3.67. The second kappa shape index (κ2) is 7.15. The lowest BCUT2D eigenvalue weighted by Crippen LogP contribution is -2.01. The van der Waals surface area contributed by atoms with E-state index in [1.807, 2.05) is 30.3 Å². The average molecular weight is 376 g/mol. The number of aromatic amines is 1. The van der Waals surface area contributed by atoms with Gasteiger partial charge >= 0.3 is 5.97 Å². The van der Waals surface area contributed by atoms with Crippen molar-refractivity contribution in [2.24, 2.45) is 0 Å². The first-order chi connectivity index (χ1) is 13.6. The van der Waals surface area contributed by atoms with Gasteiger partial charge in [-0.25, -0.2) is 4.79 Å². The summed E-state index contributed by atoms with van der Waals surface area (Å²) in [5.41, 5.74) is 1.67. The van der Waals surface area contributed by atoms with Crippen molar-refractivity contribution in [1.29, 1.82) is 0 Å². The lowest BCUT2D eigenvalue weighted by atomic mass is 10.0. The number of nitrogens with one attached hydrogen (secondary N) is 1. The highest BCUT2D eigenvalue weighted by Crippen LogP contribution is 2.33. The number of fused-ring (bicyclic) bond motifs is 1. The Morgan fingerprint density at radius 1 is 1.18 bits per heavy atom. The number of aromatic carboxylic acids is 1. The van der Waals surface area contributed by atoms with Crippen molar-refractivity contribution >= 4 is 16.7 Å². The molecular weight excluding hydrogens is 359 g/mol. The van der Waals surface area contributed by atoms with Gasteiger partial charge in [0.05, 0.1) is 5.56 Å². The number of carboxylic acid groups (broad SMARTS) is 1. The molecule has 0 bridgehead atoms. The third-order valence-electron chi connectivity index (χ3n) is 4.64. The van der Waals surface area contributed by atoms with Crippen LogP contribution in [-0.2, 0) is 6.42 Å². The Kier molecular flexibility index (Phi) is 4.53. The molecule has 3 aromatic carbocycles. The highest BCUT2D eigenvalue weighted by molar-refractivity contribution is 5.93. The summed E-state index contributed by atoms with van der Waals surface area (Å²) in [6.07, 6.45) is 2.20. The molecule has 0 unspecified atom stereocenters. The number of carboxylic acids is 1. The first-order valence-electron chi connectivity index (χ1n) is 8.83. The fourth-order valence-electron chi connectivity index (χ4n) is 3.27. The van der Waals surface area contributed by atoms with Crippen molar-refractivity contribution in [2.45, 2.75) is 13.3 Å².